The number of hydrogen-bond donors (Lipinski definition) is 14. The summed E-state index contributed by atoms with van der Waals surface area (Å²) in [6.45, 7) is 6.41. The molecule has 0 aliphatic carbocycles. The lowest BCUT2D eigenvalue weighted by Crippen LogP contribution is -2.62. The summed E-state index contributed by atoms with van der Waals surface area (Å²) < 4.78 is 0. The zero-order chi connectivity index (χ0) is 58.3. The van der Waals surface area contributed by atoms with Crippen LogP contribution in [-0.4, -0.2) is 129 Å². The number of amides is 9. The van der Waals surface area contributed by atoms with E-state index in [1.165, 1.54) is 92.7 Å². The molecule has 79 heavy (non-hydrogen) atoms. The molecule has 0 aliphatic heterocycles. The zero-order valence-corrected chi connectivity index (χ0v) is 44.5. The van der Waals surface area contributed by atoms with Crippen LogP contribution in [0.3, 0.4) is 0 Å². The smallest absolute Gasteiger partial charge is 0.248 e. The Bertz CT molecular complexity index is 2750. The molecule has 4 aromatic rings. The van der Waals surface area contributed by atoms with Crippen LogP contribution in [-0.2, 0) is 64.0 Å². The fourth-order valence-corrected chi connectivity index (χ4v) is 8.09. The van der Waals surface area contributed by atoms with Gasteiger partial charge in [-0.3, -0.25) is 43.2 Å². The van der Waals surface area contributed by atoms with Gasteiger partial charge >= 0.3 is 0 Å². The zero-order valence-electron chi connectivity index (χ0n) is 43.8. The first-order valence-electron chi connectivity index (χ1n) is 25.3. The van der Waals surface area contributed by atoms with Crippen molar-refractivity contribution in [3.8, 4) is 11.5 Å². The first-order valence-corrected chi connectivity index (χ1v) is 25.7. The molecule has 9 atom stereocenters. The Balaban J connectivity index is 1.59. The number of aromatic hydroxyl groups is 2. The van der Waals surface area contributed by atoms with Crippen molar-refractivity contribution in [1.29, 1.82) is 0 Å². The second-order valence-electron chi connectivity index (χ2n) is 18.9. The summed E-state index contributed by atoms with van der Waals surface area (Å²) in [6.07, 6.45) is -0.268. The van der Waals surface area contributed by atoms with E-state index in [0.29, 0.717) is 33.7 Å². The number of primary amides is 2. The molecule has 4 rings (SSSR count). The first kappa shape index (κ1) is 63.2. The third-order valence-corrected chi connectivity index (χ3v) is 12.7. The molecule has 0 aliphatic rings. The quantitative estimate of drug-likeness (QED) is 0.0222. The summed E-state index contributed by atoms with van der Waals surface area (Å²) in [6, 6.07) is 13.0. The van der Waals surface area contributed by atoms with Crippen LogP contribution in [0.4, 0.5) is 0 Å². The van der Waals surface area contributed by atoms with E-state index in [-0.39, 0.29) is 68.6 Å². The highest BCUT2D eigenvalue weighted by molar-refractivity contribution is 6.30. The average molecular weight is 1110 g/mol. The molecular formula is C55H70ClN11O12. The number of carbonyl (C=O) groups excluding carboxylic acids is 9. The van der Waals surface area contributed by atoms with Crippen molar-refractivity contribution in [2.75, 3.05) is 6.54 Å². The van der Waals surface area contributed by atoms with Crippen LogP contribution < -0.4 is 60.2 Å². The highest BCUT2D eigenvalue weighted by Gasteiger charge is 2.35. The van der Waals surface area contributed by atoms with Gasteiger partial charge in [0, 0.05) is 29.8 Å². The third-order valence-electron chi connectivity index (χ3n) is 12.5. The molecule has 0 bridgehead atoms. The summed E-state index contributed by atoms with van der Waals surface area (Å²) in [5.74, 6) is -7.89. The SMILES string of the molecule is C=CC[C@H](NC(=O)C(NC(=O)[C@H](CCCCN)NC(=O)[C@@H](Cc1ccc(C(N)=O)cc1)NC(=O)[C@H](Cc1ccc(O)cc1)NC(=O)[C@@H](C)NC(=O)[C@@H](N)Cc1ccc(Cl)cc1)C(C)O)C(=O)N[C@H](Cc1ccc(O)cc1)C(N)=O. The fourth-order valence-electron chi connectivity index (χ4n) is 7.96. The summed E-state index contributed by atoms with van der Waals surface area (Å²) in [4.78, 5) is 122. The second kappa shape index (κ2) is 31.1. The molecule has 4 aromatic carbocycles. The van der Waals surface area contributed by atoms with E-state index in [1.54, 1.807) is 24.3 Å². The molecule has 0 aromatic heterocycles. The number of unbranched alkanes of at least 4 members (excludes halogenated alkanes) is 1. The molecule has 2 unspecified atom stereocenters. The molecule has 424 valence electrons. The van der Waals surface area contributed by atoms with Crippen LogP contribution in [0, 0.1) is 0 Å². The topological polar surface area (TPSA) is 403 Å². The lowest BCUT2D eigenvalue weighted by molar-refractivity contribution is -0.137. The maximum absolute atomic E-state index is 14.6. The predicted octanol–water partition coefficient (Wildman–Crippen LogP) is -0.567. The molecule has 9 amide bonds. The highest BCUT2D eigenvalue weighted by atomic mass is 35.5. The standard InChI is InChI=1S/C55H70ClN11O12/c1-4-7-41(51(75)64-43(48(60)72)27-34-13-21-38(69)22-14-34)63-55(79)46(31(3)68)67-52(76)42(8-5-6-25-57)62-53(77)45(28-33-9-17-36(18-10-33)47(59)71)66-54(78)44(29-35-15-23-39(70)24-16-35)65-49(73)30(2)61-50(74)40(58)26-32-11-19-37(56)20-12-32/h4,9-24,30-31,40-46,68-70H,1,5-8,25-29,57-58H2,2-3H3,(H2,59,71)(H2,60,72)(H,61,74)(H,62,77)(H,63,79)(H,64,75)(H,65,73)(H,66,78)(H,67,76)/t30-,31?,40+,41+,42+,43-,44+,45-,46?/m1/s1. The van der Waals surface area contributed by atoms with E-state index in [2.05, 4.69) is 43.8 Å². The van der Waals surface area contributed by atoms with Crippen molar-refractivity contribution in [1.82, 2.24) is 37.2 Å². The van der Waals surface area contributed by atoms with Crippen LogP contribution in [0.5, 0.6) is 11.5 Å². The van der Waals surface area contributed by atoms with Gasteiger partial charge < -0.3 is 75.5 Å². The van der Waals surface area contributed by atoms with Gasteiger partial charge in [0.05, 0.1) is 12.1 Å². The highest BCUT2D eigenvalue weighted by Crippen LogP contribution is 2.16. The molecule has 0 spiro atoms. The van der Waals surface area contributed by atoms with Gasteiger partial charge in [0.15, 0.2) is 0 Å². The molecule has 24 heteroatoms. The summed E-state index contributed by atoms with van der Waals surface area (Å²) in [5, 5.41) is 48.9. The van der Waals surface area contributed by atoms with Gasteiger partial charge in [0.2, 0.25) is 53.2 Å². The van der Waals surface area contributed by atoms with Crippen molar-refractivity contribution in [2.45, 2.75) is 120 Å². The van der Waals surface area contributed by atoms with Gasteiger partial charge in [-0.2, -0.15) is 0 Å². The van der Waals surface area contributed by atoms with Crippen LogP contribution in [0.2, 0.25) is 5.02 Å². The molecule has 23 nitrogen and oxygen atoms in total. The van der Waals surface area contributed by atoms with Gasteiger partial charge in [0.25, 0.3) is 0 Å². The largest absolute Gasteiger partial charge is 0.508 e. The minimum atomic E-state index is -1.74. The minimum absolute atomic E-state index is 0.0265. The van der Waals surface area contributed by atoms with E-state index in [9.17, 15) is 58.5 Å². The lowest BCUT2D eigenvalue weighted by Gasteiger charge is -2.28. The maximum atomic E-state index is 14.6. The first-order chi connectivity index (χ1) is 37.5. The summed E-state index contributed by atoms with van der Waals surface area (Å²) >= 11 is 5.98. The Morgan fingerprint density at radius 2 is 0.949 bits per heavy atom. The molecular weight excluding hydrogens is 1040 g/mol. The van der Waals surface area contributed by atoms with Crippen LogP contribution in [0.25, 0.3) is 0 Å². The van der Waals surface area contributed by atoms with E-state index in [1.807, 2.05) is 0 Å². The number of benzene rings is 4. The van der Waals surface area contributed by atoms with Crippen molar-refractivity contribution < 1.29 is 58.5 Å². The number of rotatable bonds is 31. The summed E-state index contributed by atoms with van der Waals surface area (Å²) in [7, 11) is 0. The van der Waals surface area contributed by atoms with Crippen molar-refractivity contribution in [3.05, 3.63) is 143 Å². The normalized spacial score (nSPS) is 14.4. The van der Waals surface area contributed by atoms with Gasteiger partial charge in [0.1, 0.15) is 53.8 Å². The Kier molecular flexibility index (Phi) is 24.9. The van der Waals surface area contributed by atoms with Crippen LogP contribution in [0.15, 0.2) is 110 Å². The van der Waals surface area contributed by atoms with Gasteiger partial charge in [-0.25, -0.2) is 0 Å². The van der Waals surface area contributed by atoms with Gasteiger partial charge in [-0.15, -0.1) is 6.58 Å². The van der Waals surface area contributed by atoms with Gasteiger partial charge in [-0.1, -0.05) is 66.2 Å². The molecule has 0 saturated heterocycles. The number of nitrogens with one attached hydrogen (secondary N) is 7. The molecule has 0 radical (unpaired) electrons. The van der Waals surface area contributed by atoms with E-state index in [4.69, 9.17) is 34.5 Å². The van der Waals surface area contributed by atoms with E-state index < -0.39 is 108 Å². The lowest BCUT2D eigenvalue weighted by atomic mass is 10.00. The second-order valence-corrected chi connectivity index (χ2v) is 19.4. The van der Waals surface area contributed by atoms with Crippen molar-refractivity contribution in [2.24, 2.45) is 22.9 Å². The number of carbonyl (C=O) groups is 9. The predicted molar refractivity (Wildman–Crippen MR) is 293 cm³/mol. The molecule has 0 fully saturated rings. The van der Waals surface area contributed by atoms with Crippen LogP contribution >= 0.6 is 11.6 Å². The Hall–Kier alpha value is -8.38. The molecule has 18 N–H and O–H groups in total. The number of phenolic OH excluding ortho intramolecular Hbond substituents is 2. The number of phenols is 2. The Labute approximate surface area is 462 Å². The minimum Gasteiger partial charge on any atom is -0.508 e. The monoisotopic (exact) mass is 1110 g/mol. The van der Waals surface area contributed by atoms with Crippen molar-refractivity contribution >= 4 is 64.8 Å². The number of aliphatic hydroxyl groups is 1. The van der Waals surface area contributed by atoms with E-state index >= 15 is 0 Å². The Morgan fingerprint density at radius 3 is 1.43 bits per heavy atom. The van der Waals surface area contributed by atoms with Crippen LogP contribution in [0.1, 0.15) is 72.1 Å². The molecule has 0 heterocycles. The number of hydrogen-bond acceptors (Lipinski definition) is 14. The average Bonchev–Trinajstić information content (AvgIpc) is 3.40. The number of aliphatic hydroxyl groups excluding tert-OH is 1. The third kappa shape index (κ3) is 20.8. The maximum Gasteiger partial charge on any atom is 0.248 e. The number of halogens is 1. The Morgan fingerprint density at radius 1 is 0.532 bits per heavy atom. The summed E-state index contributed by atoms with van der Waals surface area (Å²) in [5.41, 5.74) is 25.3. The fraction of sp³-hybridized carbons (Fsp3) is 0.364. The van der Waals surface area contributed by atoms with Gasteiger partial charge in [-0.05, 0) is 123 Å². The number of nitrogens with two attached hydrogens (primary N) is 4. The molecule has 0 saturated carbocycles. The van der Waals surface area contributed by atoms with Crippen molar-refractivity contribution in [3.63, 3.8) is 0 Å². The van der Waals surface area contributed by atoms with E-state index in [0.717, 1.165) is 0 Å².